The number of fused-ring (bicyclic) bond motifs is 5. The van der Waals surface area contributed by atoms with Gasteiger partial charge in [0.15, 0.2) is 5.78 Å². The Morgan fingerprint density at radius 3 is 2.50 bits per heavy atom. The molecule has 154 valence electrons. The molecule has 0 radical (unpaired) electrons. The van der Waals surface area contributed by atoms with E-state index in [1.165, 1.54) is 6.92 Å². The minimum Gasteiger partial charge on any atom is -0.458 e. The first-order valence-electron chi connectivity index (χ1n) is 10.0. The Hall–Kier alpha value is -1.50. The molecule has 0 aliphatic heterocycles. The molecule has 0 saturated heterocycles. The second-order valence-electron chi connectivity index (χ2n) is 9.94. The summed E-state index contributed by atoms with van der Waals surface area (Å²) in [6.07, 6.45) is 4.00. The molecular formula is C22H30O6. The van der Waals surface area contributed by atoms with Crippen LogP contribution in [0.25, 0.3) is 0 Å². The summed E-state index contributed by atoms with van der Waals surface area (Å²) in [5.41, 5.74) is -3.19. The lowest BCUT2D eigenvalue weighted by molar-refractivity contribution is -0.186. The zero-order valence-corrected chi connectivity index (χ0v) is 17.2. The van der Waals surface area contributed by atoms with Gasteiger partial charge in [-0.2, -0.15) is 0 Å². The average Bonchev–Trinajstić information content (AvgIpc) is 2.99. The van der Waals surface area contributed by atoms with E-state index in [0.717, 1.165) is 0 Å². The van der Waals surface area contributed by atoms with Gasteiger partial charge in [0.2, 0.25) is 0 Å². The second kappa shape index (κ2) is 5.55. The molecule has 7 atom stereocenters. The summed E-state index contributed by atoms with van der Waals surface area (Å²) in [6, 6.07) is 0. The van der Waals surface area contributed by atoms with Crippen LogP contribution in [0.5, 0.6) is 0 Å². The standard InChI is InChI=1S/C22H30O6/c1-11-6-16-20(26,18(11)25)9-14(10-23)7-15-17-19(4,5)21(17,28-13(3)24)8-12(2)22(15,16)27/h6-7,12,15-17,23,26-27H,8-10H2,1-5H3/t12?,15-,16-,17+,20-,21+,22-/m1/s1. The molecule has 0 heterocycles. The maximum Gasteiger partial charge on any atom is 0.303 e. The lowest BCUT2D eigenvalue weighted by Crippen LogP contribution is -2.61. The maximum absolute atomic E-state index is 12.8. The van der Waals surface area contributed by atoms with Gasteiger partial charge in [-0.15, -0.1) is 0 Å². The van der Waals surface area contributed by atoms with Crippen molar-refractivity contribution in [3.8, 4) is 0 Å². The van der Waals surface area contributed by atoms with Crippen LogP contribution in [0.3, 0.4) is 0 Å². The lowest BCUT2D eigenvalue weighted by atomic mass is 9.60. The first kappa shape index (κ1) is 19.8. The van der Waals surface area contributed by atoms with Crippen LogP contribution in [0.4, 0.5) is 0 Å². The van der Waals surface area contributed by atoms with Gasteiger partial charge in [0.05, 0.1) is 12.2 Å². The molecule has 0 spiro atoms. The number of carbonyl (C=O) groups excluding carboxylic acids is 2. The van der Waals surface area contributed by atoms with Gasteiger partial charge in [-0.3, -0.25) is 9.59 Å². The van der Waals surface area contributed by atoms with E-state index in [1.54, 1.807) is 13.0 Å². The molecule has 1 unspecified atom stereocenters. The Morgan fingerprint density at radius 1 is 1.29 bits per heavy atom. The van der Waals surface area contributed by atoms with E-state index in [0.29, 0.717) is 17.6 Å². The van der Waals surface area contributed by atoms with E-state index < -0.39 is 28.6 Å². The van der Waals surface area contributed by atoms with Crippen molar-refractivity contribution in [2.45, 2.75) is 64.3 Å². The van der Waals surface area contributed by atoms with E-state index in [2.05, 4.69) is 0 Å². The number of Topliss-reactive ketones (excluding diaryl/α,β-unsaturated/α-hetero) is 1. The largest absolute Gasteiger partial charge is 0.458 e. The number of aliphatic hydroxyl groups excluding tert-OH is 1. The summed E-state index contributed by atoms with van der Waals surface area (Å²) in [6.45, 7) is 8.72. The van der Waals surface area contributed by atoms with E-state index >= 15 is 0 Å². The molecule has 3 N–H and O–H groups in total. The van der Waals surface area contributed by atoms with Crippen LogP contribution in [0.15, 0.2) is 23.3 Å². The average molecular weight is 390 g/mol. The summed E-state index contributed by atoms with van der Waals surface area (Å²) in [4.78, 5) is 24.7. The van der Waals surface area contributed by atoms with Gasteiger partial charge >= 0.3 is 5.97 Å². The van der Waals surface area contributed by atoms with E-state index in [9.17, 15) is 24.9 Å². The van der Waals surface area contributed by atoms with Crippen LogP contribution in [-0.4, -0.2) is 50.5 Å². The highest BCUT2D eigenvalue weighted by molar-refractivity contribution is 6.04. The van der Waals surface area contributed by atoms with Gasteiger partial charge in [-0.25, -0.2) is 0 Å². The lowest BCUT2D eigenvalue weighted by Gasteiger charge is -2.50. The van der Waals surface area contributed by atoms with Gasteiger partial charge in [0, 0.05) is 36.5 Å². The monoisotopic (exact) mass is 390 g/mol. The van der Waals surface area contributed by atoms with Crippen LogP contribution in [-0.2, 0) is 14.3 Å². The smallest absolute Gasteiger partial charge is 0.303 e. The molecule has 0 bridgehead atoms. The zero-order chi connectivity index (χ0) is 20.9. The first-order chi connectivity index (χ1) is 12.9. The van der Waals surface area contributed by atoms with Gasteiger partial charge in [0.1, 0.15) is 11.2 Å². The highest BCUT2D eigenvalue weighted by Crippen LogP contribution is 2.76. The number of ketones is 1. The summed E-state index contributed by atoms with van der Waals surface area (Å²) < 4.78 is 5.83. The molecule has 2 saturated carbocycles. The molecular weight excluding hydrogens is 360 g/mol. The molecule has 4 aliphatic rings. The quantitative estimate of drug-likeness (QED) is 0.488. The Bertz CT molecular complexity index is 825. The SMILES string of the molecule is CC(=O)O[C@@]12CC(C)[C@@]3(O)[C@H](C=C(CO)C[C@]4(O)C(=O)C(C)=C[C@@H]34)[C@H]1C2(C)C. The van der Waals surface area contributed by atoms with Gasteiger partial charge in [-0.05, 0) is 30.4 Å². The van der Waals surface area contributed by atoms with Crippen molar-refractivity contribution in [3.63, 3.8) is 0 Å². The van der Waals surface area contributed by atoms with Crippen LogP contribution in [0.1, 0.15) is 47.5 Å². The van der Waals surface area contributed by atoms with E-state index in [4.69, 9.17) is 4.74 Å². The van der Waals surface area contributed by atoms with Gasteiger partial charge in [0.25, 0.3) is 0 Å². The minimum atomic E-state index is -1.75. The molecule has 6 heteroatoms. The van der Waals surface area contributed by atoms with E-state index in [1.807, 2.05) is 26.8 Å². The Labute approximate surface area is 165 Å². The van der Waals surface area contributed by atoms with Crippen molar-refractivity contribution in [1.29, 1.82) is 0 Å². The minimum absolute atomic E-state index is 0.0000834. The third-order valence-corrected chi connectivity index (χ3v) is 8.20. The molecule has 0 amide bonds. The van der Waals surface area contributed by atoms with Crippen molar-refractivity contribution < 1.29 is 29.6 Å². The van der Waals surface area contributed by atoms with Gasteiger partial charge in [-0.1, -0.05) is 32.9 Å². The molecule has 0 aromatic rings. The molecule has 2 fully saturated rings. The van der Waals surface area contributed by atoms with Gasteiger partial charge < -0.3 is 20.1 Å². The van der Waals surface area contributed by atoms with Crippen molar-refractivity contribution >= 4 is 11.8 Å². The number of aliphatic hydroxyl groups is 3. The first-order valence-corrected chi connectivity index (χ1v) is 10.0. The number of esters is 1. The van der Waals surface area contributed by atoms with Crippen LogP contribution < -0.4 is 0 Å². The van der Waals surface area contributed by atoms with Crippen LogP contribution in [0, 0.1) is 29.1 Å². The topological polar surface area (TPSA) is 104 Å². The predicted molar refractivity (Wildman–Crippen MR) is 101 cm³/mol. The Balaban J connectivity index is 1.90. The van der Waals surface area contributed by atoms with Crippen molar-refractivity contribution in [1.82, 2.24) is 0 Å². The summed E-state index contributed by atoms with van der Waals surface area (Å²) in [5.74, 6) is -2.42. The number of hydrogen-bond acceptors (Lipinski definition) is 6. The highest BCUT2D eigenvalue weighted by Gasteiger charge is 2.83. The Morgan fingerprint density at radius 2 is 1.93 bits per heavy atom. The van der Waals surface area contributed by atoms with Crippen molar-refractivity contribution in [2.75, 3.05) is 6.61 Å². The highest BCUT2D eigenvalue weighted by atomic mass is 16.6. The second-order valence-corrected chi connectivity index (χ2v) is 9.94. The maximum atomic E-state index is 12.8. The molecule has 6 nitrogen and oxygen atoms in total. The number of carbonyl (C=O) groups is 2. The Kier molecular flexibility index (Phi) is 3.93. The van der Waals surface area contributed by atoms with Crippen LogP contribution >= 0.6 is 0 Å². The molecule has 4 rings (SSSR count). The van der Waals surface area contributed by atoms with E-state index in [-0.39, 0.29) is 42.0 Å². The fraction of sp³-hybridized carbons (Fsp3) is 0.727. The summed E-state index contributed by atoms with van der Waals surface area (Å²) in [7, 11) is 0. The van der Waals surface area contributed by atoms with Crippen molar-refractivity contribution in [2.24, 2.45) is 29.1 Å². The fourth-order valence-corrected chi connectivity index (χ4v) is 6.85. The number of hydrogen-bond donors (Lipinski definition) is 3. The van der Waals surface area contributed by atoms with Crippen LogP contribution in [0.2, 0.25) is 0 Å². The predicted octanol–water partition coefficient (Wildman–Crippen LogP) is 1.53. The molecule has 0 aromatic carbocycles. The third kappa shape index (κ3) is 2.09. The zero-order valence-electron chi connectivity index (χ0n) is 17.2. The summed E-state index contributed by atoms with van der Waals surface area (Å²) in [5, 5.41) is 33.4. The molecule has 4 aliphatic carbocycles. The normalized spacial score (nSPS) is 48.5. The van der Waals surface area contributed by atoms with Crippen molar-refractivity contribution in [3.05, 3.63) is 23.3 Å². The molecule has 0 aromatic heterocycles. The number of rotatable bonds is 2. The third-order valence-electron chi connectivity index (χ3n) is 8.20. The fourth-order valence-electron chi connectivity index (χ4n) is 6.85. The molecule has 28 heavy (non-hydrogen) atoms. The summed E-state index contributed by atoms with van der Waals surface area (Å²) >= 11 is 0. The number of ether oxygens (including phenoxy) is 1.